The quantitative estimate of drug-likeness (QED) is 0.600. The van der Waals surface area contributed by atoms with Crippen LogP contribution in [0.2, 0.25) is 0 Å². The molecule has 0 saturated heterocycles. The normalized spacial score (nSPS) is 26.9. The van der Waals surface area contributed by atoms with Crippen LogP contribution in [0.25, 0.3) is 0 Å². The van der Waals surface area contributed by atoms with Gasteiger partial charge in [-0.15, -0.1) is 0 Å². The zero-order chi connectivity index (χ0) is 10.0. The second-order valence-electron chi connectivity index (χ2n) is 5.24. The number of thiocarbonyl (C=S) groups is 1. The molecule has 13 heavy (non-hydrogen) atoms. The Morgan fingerprint density at radius 3 is 2.31 bits per heavy atom. The zero-order valence-corrected chi connectivity index (χ0v) is 10.2. The Morgan fingerprint density at radius 2 is 1.92 bits per heavy atom. The Kier molecular flexibility index (Phi) is 3.90. The van der Waals surface area contributed by atoms with Crippen molar-refractivity contribution in [3.05, 3.63) is 0 Å². The van der Waals surface area contributed by atoms with Gasteiger partial charge >= 0.3 is 0 Å². The maximum atomic E-state index is 5.39. The van der Waals surface area contributed by atoms with Crippen LogP contribution in [0.15, 0.2) is 0 Å². The summed E-state index contributed by atoms with van der Waals surface area (Å²) in [5.41, 5.74) is 0. The van der Waals surface area contributed by atoms with Gasteiger partial charge in [0.1, 0.15) is 0 Å². The molecule has 0 aliphatic heterocycles. The minimum Gasteiger partial charge on any atom is -0.0897 e. The molecule has 0 nitrogen and oxygen atoms in total. The lowest BCUT2D eigenvalue weighted by molar-refractivity contribution is 0.521. The van der Waals surface area contributed by atoms with Gasteiger partial charge in [0, 0.05) is 0 Å². The first kappa shape index (κ1) is 11.2. The van der Waals surface area contributed by atoms with Crippen molar-refractivity contribution in [3.63, 3.8) is 0 Å². The fourth-order valence-corrected chi connectivity index (χ4v) is 2.70. The van der Waals surface area contributed by atoms with Gasteiger partial charge in [-0.25, -0.2) is 0 Å². The highest BCUT2D eigenvalue weighted by molar-refractivity contribution is 7.80. The second-order valence-corrected chi connectivity index (χ2v) is 5.82. The van der Waals surface area contributed by atoms with Crippen molar-refractivity contribution in [2.24, 2.45) is 23.7 Å². The van der Waals surface area contributed by atoms with Crippen LogP contribution in [0.1, 0.15) is 47.0 Å². The molecule has 0 amide bonds. The fourth-order valence-electron chi connectivity index (χ4n) is 2.15. The van der Waals surface area contributed by atoms with Crippen molar-refractivity contribution in [3.8, 4) is 0 Å². The molecule has 0 aromatic rings. The molecule has 0 heterocycles. The molecule has 0 aromatic carbocycles. The van der Waals surface area contributed by atoms with Gasteiger partial charge in [-0.2, -0.15) is 0 Å². The van der Waals surface area contributed by atoms with Crippen LogP contribution in [0.3, 0.4) is 0 Å². The third-order valence-electron chi connectivity index (χ3n) is 2.96. The molecule has 0 aromatic heterocycles. The van der Waals surface area contributed by atoms with Crippen LogP contribution >= 0.6 is 12.2 Å². The van der Waals surface area contributed by atoms with Crippen molar-refractivity contribution in [2.75, 3.05) is 0 Å². The minimum absolute atomic E-state index is 0.740. The summed E-state index contributed by atoms with van der Waals surface area (Å²) in [7, 11) is 0. The predicted octanol–water partition coefficient (Wildman–Crippen LogP) is 4.08. The molecule has 2 atom stereocenters. The van der Waals surface area contributed by atoms with E-state index in [0.29, 0.717) is 0 Å². The molecule has 0 radical (unpaired) electrons. The summed E-state index contributed by atoms with van der Waals surface area (Å²) in [5, 5.41) is 0. The summed E-state index contributed by atoms with van der Waals surface area (Å²) >= 11 is 5.39. The molecule has 76 valence electrons. The van der Waals surface area contributed by atoms with E-state index in [2.05, 4.69) is 27.7 Å². The van der Waals surface area contributed by atoms with Gasteiger partial charge in [0.25, 0.3) is 0 Å². The third kappa shape index (κ3) is 3.76. The second kappa shape index (κ2) is 4.54. The Morgan fingerprint density at radius 1 is 1.31 bits per heavy atom. The molecule has 0 bridgehead atoms. The smallest absolute Gasteiger partial charge is 0.00661 e. The Bertz CT molecular complexity index is 182. The number of hydrogen-bond donors (Lipinski definition) is 0. The summed E-state index contributed by atoms with van der Waals surface area (Å²) in [4.78, 5) is 1.31. The van der Waals surface area contributed by atoms with E-state index >= 15 is 0 Å². The maximum Gasteiger partial charge on any atom is -0.00661 e. The van der Waals surface area contributed by atoms with Crippen LogP contribution in [0.5, 0.6) is 0 Å². The van der Waals surface area contributed by atoms with E-state index in [0.717, 1.165) is 30.1 Å². The monoisotopic (exact) mass is 198 g/mol. The van der Waals surface area contributed by atoms with Crippen LogP contribution in [-0.2, 0) is 0 Å². The summed E-state index contributed by atoms with van der Waals surface area (Å²) in [5.74, 6) is 3.52. The predicted molar refractivity (Wildman–Crippen MR) is 63.1 cm³/mol. The van der Waals surface area contributed by atoms with E-state index in [-0.39, 0.29) is 0 Å². The summed E-state index contributed by atoms with van der Waals surface area (Å²) in [6, 6.07) is 0. The van der Waals surface area contributed by atoms with Gasteiger partial charge in [0.15, 0.2) is 0 Å². The third-order valence-corrected chi connectivity index (χ3v) is 3.29. The molecule has 1 heteroatoms. The molecule has 2 unspecified atom stereocenters. The molecular weight excluding hydrogens is 176 g/mol. The van der Waals surface area contributed by atoms with Gasteiger partial charge in [0.2, 0.25) is 0 Å². The van der Waals surface area contributed by atoms with Crippen molar-refractivity contribution >= 4 is 17.1 Å². The van der Waals surface area contributed by atoms with Crippen molar-refractivity contribution in [1.29, 1.82) is 0 Å². The SMILES string of the molecule is CC(C)CC(=S)CC1CC1C(C)C. The highest BCUT2D eigenvalue weighted by Crippen LogP contribution is 2.46. The number of hydrogen-bond acceptors (Lipinski definition) is 1. The zero-order valence-electron chi connectivity index (χ0n) is 9.34. The first-order valence-electron chi connectivity index (χ1n) is 5.52. The lowest BCUT2D eigenvalue weighted by Crippen LogP contribution is -2.03. The standard InChI is InChI=1S/C12H22S/c1-8(2)5-11(13)6-10-7-12(10)9(3)4/h8-10,12H,5-7H2,1-4H3. The molecule has 1 fully saturated rings. The van der Waals surface area contributed by atoms with Gasteiger partial charge < -0.3 is 0 Å². The molecule has 1 rings (SSSR count). The number of rotatable bonds is 5. The van der Waals surface area contributed by atoms with Crippen molar-refractivity contribution in [2.45, 2.75) is 47.0 Å². The van der Waals surface area contributed by atoms with E-state index in [1.165, 1.54) is 17.7 Å². The Labute approximate surface area is 88.1 Å². The van der Waals surface area contributed by atoms with E-state index in [1.807, 2.05) is 0 Å². The van der Waals surface area contributed by atoms with Crippen LogP contribution in [0, 0.1) is 23.7 Å². The maximum absolute atomic E-state index is 5.39. The molecule has 1 aliphatic rings. The summed E-state index contributed by atoms with van der Waals surface area (Å²) in [6.45, 7) is 9.16. The van der Waals surface area contributed by atoms with Gasteiger partial charge in [-0.3, -0.25) is 0 Å². The molecule has 1 aliphatic carbocycles. The van der Waals surface area contributed by atoms with E-state index in [4.69, 9.17) is 12.2 Å². The van der Waals surface area contributed by atoms with E-state index < -0.39 is 0 Å². The topological polar surface area (TPSA) is 0 Å². The van der Waals surface area contributed by atoms with Crippen molar-refractivity contribution < 1.29 is 0 Å². The van der Waals surface area contributed by atoms with Crippen LogP contribution in [-0.4, -0.2) is 4.86 Å². The minimum atomic E-state index is 0.740. The highest BCUT2D eigenvalue weighted by Gasteiger charge is 2.39. The van der Waals surface area contributed by atoms with Crippen molar-refractivity contribution in [1.82, 2.24) is 0 Å². The molecule has 0 spiro atoms. The average molecular weight is 198 g/mol. The summed E-state index contributed by atoms with van der Waals surface area (Å²) in [6.07, 6.45) is 3.79. The average Bonchev–Trinajstić information content (AvgIpc) is 2.64. The molecule has 0 N–H and O–H groups in total. The first-order chi connectivity index (χ1) is 6.00. The van der Waals surface area contributed by atoms with Crippen LogP contribution < -0.4 is 0 Å². The lowest BCUT2D eigenvalue weighted by Gasteiger charge is -2.07. The lowest BCUT2D eigenvalue weighted by atomic mass is 10.0. The van der Waals surface area contributed by atoms with E-state index in [1.54, 1.807) is 0 Å². The first-order valence-corrected chi connectivity index (χ1v) is 5.93. The molecule has 1 saturated carbocycles. The van der Waals surface area contributed by atoms with Gasteiger partial charge in [-0.1, -0.05) is 39.9 Å². The summed E-state index contributed by atoms with van der Waals surface area (Å²) < 4.78 is 0. The van der Waals surface area contributed by atoms with Crippen LogP contribution in [0.4, 0.5) is 0 Å². The van der Waals surface area contributed by atoms with Gasteiger partial charge in [0.05, 0.1) is 0 Å². The van der Waals surface area contributed by atoms with E-state index in [9.17, 15) is 0 Å². The Balaban J connectivity index is 2.17. The largest absolute Gasteiger partial charge is 0.0897 e. The molecular formula is C12H22S. The Hall–Kier alpha value is 0.0900. The van der Waals surface area contributed by atoms with Gasteiger partial charge in [-0.05, 0) is 47.8 Å². The fraction of sp³-hybridized carbons (Fsp3) is 0.917. The highest BCUT2D eigenvalue weighted by atomic mass is 32.1.